The number of rotatable bonds is 3. The monoisotopic (exact) mass is 219 g/mol. The van der Waals surface area contributed by atoms with Crippen LogP contribution in [0.2, 0.25) is 0 Å². The number of hydrogen-bond acceptors (Lipinski definition) is 8. The molecule has 0 aliphatic rings. The molecule has 5 N–H and O–H groups in total. The predicted molar refractivity (Wildman–Crippen MR) is 48.2 cm³/mol. The Kier molecular flexibility index (Phi) is 6.85. The predicted octanol–water partition coefficient (Wildman–Crippen LogP) is -1.26. The Hall–Kier alpha value is -1.67. The van der Waals surface area contributed by atoms with E-state index in [1.165, 1.54) is 0 Å². The molecule has 0 amide bonds. The summed E-state index contributed by atoms with van der Waals surface area (Å²) in [6.45, 7) is 0.390. The Bertz CT molecular complexity index is 229. The summed E-state index contributed by atoms with van der Waals surface area (Å²) < 4.78 is 0. The molecular formula is C7H13N3O5. The van der Waals surface area contributed by atoms with Crippen molar-refractivity contribution < 1.29 is 25.5 Å². The highest BCUT2D eigenvalue weighted by Gasteiger charge is 1.99. The number of aliphatic hydroxyl groups excluding tert-OH is 2. The van der Waals surface area contributed by atoms with E-state index in [1.54, 1.807) is 0 Å². The maximum atomic E-state index is 8.41. The highest BCUT2D eigenvalue weighted by atomic mass is 16.3. The molecule has 0 unspecified atom stereocenters. The van der Waals surface area contributed by atoms with Gasteiger partial charge >= 0.3 is 18.0 Å². The molecule has 0 fully saturated rings. The Balaban J connectivity index is 0.000000288. The minimum absolute atomic E-state index is 0.195. The van der Waals surface area contributed by atoms with Gasteiger partial charge in [0, 0.05) is 13.2 Å². The molecule has 15 heavy (non-hydrogen) atoms. The molecule has 0 atom stereocenters. The highest BCUT2D eigenvalue weighted by molar-refractivity contribution is 5.04. The Morgan fingerprint density at radius 1 is 0.667 bits per heavy atom. The van der Waals surface area contributed by atoms with E-state index < -0.39 is 18.0 Å². The van der Waals surface area contributed by atoms with Crippen LogP contribution in [0, 0.1) is 0 Å². The lowest BCUT2D eigenvalue weighted by molar-refractivity contribution is 0.242. The van der Waals surface area contributed by atoms with Crippen LogP contribution in [0.25, 0.3) is 0 Å². The highest BCUT2D eigenvalue weighted by Crippen LogP contribution is 2.08. The maximum Gasteiger partial charge on any atom is 0.323 e. The Labute approximate surface area is 85.5 Å². The van der Waals surface area contributed by atoms with Gasteiger partial charge in [-0.1, -0.05) is 0 Å². The molecule has 0 spiro atoms. The molecule has 0 bridgehead atoms. The average molecular weight is 219 g/mol. The molecule has 1 aromatic rings. The van der Waals surface area contributed by atoms with Gasteiger partial charge in [-0.25, -0.2) is 0 Å². The number of aliphatic hydroxyl groups is 2. The van der Waals surface area contributed by atoms with E-state index in [1.807, 2.05) is 0 Å². The van der Waals surface area contributed by atoms with Crippen LogP contribution < -0.4 is 0 Å². The first-order chi connectivity index (χ1) is 7.10. The van der Waals surface area contributed by atoms with Gasteiger partial charge in [-0.05, 0) is 12.8 Å². The molecule has 1 aromatic heterocycles. The second-order valence-electron chi connectivity index (χ2n) is 2.39. The van der Waals surface area contributed by atoms with Crippen molar-refractivity contribution in [2.24, 2.45) is 0 Å². The first kappa shape index (κ1) is 13.3. The summed E-state index contributed by atoms with van der Waals surface area (Å²) in [7, 11) is 0. The lowest BCUT2D eigenvalue weighted by Crippen LogP contribution is -1.85. The van der Waals surface area contributed by atoms with Gasteiger partial charge in [0.25, 0.3) is 0 Å². The summed E-state index contributed by atoms with van der Waals surface area (Å²) in [4.78, 5) is 8.89. The van der Waals surface area contributed by atoms with Gasteiger partial charge in [0.05, 0.1) is 0 Å². The number of aromatic hydroxyl groups is 3. The summed E-state index contributed by atoms with van der Waals surface area (Å²) in [6.07, 6.45) is 1.44. The van der Waals surface area contributed by atoms with E-state index in [4.69, 9.17) is 25.5 Å². The zero-order valence-electron chi connectivity index (χ0n) is 7.91. The van der Waals surface area contributed by atoms with E-state index >= 15 is 0 Å². The van der Waals surface area contributed by atoms with Crippen LogP contribution in [0.15, 0.2) is 0 Å². The number of hydrogen-bond donors (Lipinski definition) is 5. The SMILES string of the molecule is OCCCCO.Oc1nc(O)nc(O)n1. The third kappa shape index (κ3) is 7.40. The molecule has 0 radical (unpaired) electrons. The van der Waals surface area contributed by atoms with Gasteiger partial charge < -0.3 is 25.5 Å². The molecular weight excluding hydrogens is 206 g/mol. The van der Waals surface area contributed by atoms with Crippen LogP contribution in [0.3, 0.4) is 0 Å². The summed E-state index contributed by atoms with van der Waals surface area (Å²) in [5.41, 5.74) is 0. The van der Waals surface area contributed by atoms with Gasteiger partial charge in [0.1, 0.15) is 0 Å². The smallest absolute Gasteiger partial charge is 0.323 e. The lowest BCUT2D eigenvalue weighted by atomic mass is 10.3. The van der Waals surface area contributed by atoms with Crippen molar-refractivity contribution in [1.29, 1.82) is 0 Å². The van der Waals surface area contributed by atoms with Gasteiger partial charge in [0.15, 0.2) is 0 Å². The largest absolute Gasteiger partial charge is 0.479 e. The van der Waals surface area contributed by atoms with E-state index in [0.29, 0.717) is 0 Å². The van der Waals surface area contributed by atoms with Crippen molar-refractivity contribution in [3.05, 3.63) is 0 Å². The first-order valence-electron chi connectivity index (χ1n) is 4.14. The van der Waals surface area contributed by atoms with Crippen molar-refractivity contribution >= 4 is 0 Å². The van der Waals surface area contributed by atoms with Gasteiger partial charge in [-0.2, -0.15) is 0 Å². The maximum absolute atomic E-state index is 8.41. The standard InChI is InChI=1S/C4H10O2.C3H3N3O3/c5-3-1-2-4-6;7-1-4-2(8)6-3(9)5-1/h5-6H,1-4H2;(H3,4,5,6,7,8,9). The van der Waals surface area contributed by atoms with Crippen LogP contribution in [0.5, 0.6) is 18.0 Å². The van der Waals surface area contributed by atoms with Crippen LogP contribution in [-0.4, -0.2) is 53.7 Å². The molecule has 1 rings (SSSR count). The molecule has 1 heterocycles. The van der Waals surface area contributed by atoms with Crippen molar-refractivity contribution in [1.82, 2.24) is 15.0 Å². The lowest BCUT2D eigenvalue weighted by Gasteiger charge is -1.90. The van der Waals surface area contributed by atoms with E-state index in [2.05, 4.69) is 15.0 Å². The number of nitrogens with zero attached hydrogens (tertiary/aromatic N) is 3. The molecule has 0 aliphatic carbocycles. The van der Waals surface area contributed by atoms with Crippen molar-refractivity contribution in [2.75, 3.05) is 13.2 Å². The molecule has 0 saturated carbocycles. The van der Waals surface area contributed by atoms with Gasteiger partial charge in [0.2, 0.25) is 0 Å². The Morgan fingerprint density at radius 3 is 1.13 bits per heavy atom. The quantitative estimate of drug-likeness (QED) is 0.397. The van der Waals surface area contributed by atoms with Crippen LogP contribution in [0.1, 0.15) is 12.8 Å². The summed E-state index contributed by atoms with van der Waals surface area (Å²) in [5.74, 6) is 0. The molecule has 8 nitrogen and oxygen atoms in total. The zero-order valence-corrected chi connectivity index (χ0v) is 7.91. The van der Waals surface area contributed by atoms with Crippen LogP contribution in [0.4, 0.5) is 0 Å². The van der Waals surface area contributed by atoms with E-state index in [0.717, 1.165) is 12.8 Å². The van der Waals surface area contributed by atoms with E-state index in [-0.39, 0.29) is 13.2 Å². The first-order valence-corrected chi connectivity index (χ1v) is 4.14. The summed E-state index contributed by atoms with van der Waals surface area (Å²) >= 11 is 0. The van der Waals surface area contributed by atoms with Crippen molar-refractivity contribution in [3.8, 4) is 18.0 Å². The minimum atomic E-state index is -0.708. The number of unbranched alkanes of at least 4 members (excludes halogenated alkanes) is 1. The summed E-state index contributed by atoms with van der Waals surface area (Å²) in [6, 6.07) is -2.12. The molecule has 8 heteroatoms. The van der Waals surface area contributed by atoms with Gasteiger partial charge in [-0.3, -0.25) is 0 Å². The number of aromatic nitrogens is 3. The van der Waals surface area contributed by atoms with Crippen molar-refractivity contribution in [3.63, 3.8) is 0 Å². The third-order valence-electron chi connectivity index (χ3n) is 1.17. The normalized spacial score (nSPS) is 9.20. The molecule has 0 aromatic carbocycles. The topological polar surface area (TPSA) is 140 Å². The molecule has 0 aliphatic heterocycles. The minimum Gasteiger partial charge on any atom is -0.479 e. The third-order valence-corrected chi connectivity index (χ3v) is 1.17. The fraction of sp³-hybridized carbons (Fsp3) is 0.571. The molecule has 0 saturated heterocycles. The van der Waals surface area contributed by atoms with Crippen LogP contribution in [-0.2, 0) is 0 Å². The fourth-order valence-electron chi connectivity index (χ4n) is 0.567. The summed E-state index contributed by atoms with van der Waals surface area (Å²) in [5, 5.41) is 41.4. The van der Waals surface area contributed by atoms with Crippen molar-refractivity contribution in [2.45, 2.75) is 12.8 Å². The van der Waals surface area contributed by atoms with Gasteiger partial charge in [-0.15, -0.1) is 15.0 Å². The second kappa shape index (κ2) is 7.71. The average Bonchev–Trinajstić information content (AvgIpc) is 2.13. The Morgan fingerprint density at radius 2 is 0.933 bits per heavy atom. The zero-order chi connectivity index (χ0) is 11.7. The van der Waals surface area contributed by atoms with Crippen LogP contribution >= 0.6 is 0 Å². The fourth-order valence-corrected chi connectivity index (χ4v) is 0.567. The molecule has 86 valence electrons. The second-order valence-corrected chi connectivity index (χ2v) is 2.39. The van der Waals surface area contributed by atoms with E-state index in [9.17, 15) is 0 Å².